The van der Waals surface area contributed by atoms with Crippen LogP contribution in [0.1, 0.15) is 24.5 Å². The average Bonchev–Trinajstić information content (AvgIpc) is 2.64. The van der Waals surface area contributed by atoms with Crippen LogP contribution in [0.15, 0.2) is 52.7 Å². The molecule has 134 valence electrons. The monoisotopic (exact) mass is 352 g/mol. The highest BCUT2D eigenvalue weighted by atomic mass is 16.5. The van der Waals surface area contributed by atoms with Crippen molar-refractivity contribution < 1.29 is 14.6 Å². The normalized spacial score (nSPS) is 16.9. The van der Waals surface area contributed by atoms with E-state index in [1.54, 1.807) is 18.2 Å². The number of anilines is 1. The maximum atomic E-state index is 11.3. The van der Waals surface area contributed by atoms with Gasteiger partial charge in [-0.3, -0.25) is 10.2 Å². The van der Waals surface area contributed by atoms with E-state index in [0.29, 0.717) is 17.7 Å². The zero-order valence-corrected chi connectivity index (χ0v) is 14.6. The van der Waals surface area contributed by atoms with Crippen LogP contribution in [0.4, 0.5) is 5.69 Å². The number of hydrogen-bond donors (Lipinski definition) is 3. The maximum absolute atomic E-state index is 11.3. The predicted molar refractivity (Wildman–Crippen MR) is 101 cm³/mol. The second-order valence-electron chi connectivity index (χ2n) is 5.98. The van der Waals surface area contributed by atoms with Gasteiger partial charge in [-0.1, -0.05) is 25.1 Å². The minimum absolute atomic E-state index is 0.0437. The Kier molecular flexibility index (Phi) is 5.17. The summed E-state index contributed by atoms with van der Waals surface area (Å²) in [5.74, 6) is 0.460. The SMILES string of the molecule is COc1cccc(/C=N\Nc2ccc(C3=NNC(=O)CC3C)cc2)c1O. The largest absolute Gasteiger partial charge is 0.504 e. The number of hydrogen-bond acceptors (Lipinski definition) is 6. The fourth-order valence-corrected chi connectivity index (χ4v) is 2.70. The fourth-order valence-electron chi connectivity index (χ4n) is 2.70. The van der Waals surface area contributed by atoms with Gasteiger partial charge in [0.15, 0.2) is 11.5 Å². The number of aromatic hydroxyl groups is 1. The number of amides is 1. The first-order valence-electron chi connectivity index (χ1n) is 8.20. The van der Waals surface area contributed by atoms with Gasteiger partial charge in [0.2, 0.25) is 5.91 Å². The van der Waals surface area contributed by atoms with E-state index in [9.17, 15) is 9.90 Å². The highest BCUT2D eigenvalue weighted by molar-refractivity contribution is 6.05. The zero-order valence-electron chi connectivity index (χ0n) is 14.6. The number of methoxy groups -OCH3 is 1. The summed E-state index contributed by atoms with van der Waals surface area (Å²) in [5.41, 5.74) is 8.59. The molecule has 0 spiro atoms. The van der Waals surface area contributed by atoms with E-state index in [1.165, 1.54) is 13.3 Å². The Balaban J connectivity index is 1.68. The molecule has 0 aromatic heterocycles. The molecule has 1 heterocycles. The first-order chi connectivity index (χ1) is 12.6. The summed E-state index contributed by atoms with van der Waals surface area (Å²) in [7, 11) is 1.50. The van der Waals surface area contributed by atoms with Crippen molar-refractivity contribution in [2.24, 2.45) is 16.1 Å². The quantitative estimate of drug-likeness (QED) is 0.569. The maximum Gasteiger partial charge on any atom is 0.240 e. The Morgan fingerprint density at radius 3 is 2.77 bits per heavy atom. The van der Waals surface area contributed by atoms with Crippen LogP contribution in [0.2, 0.25) is 0 Å². The number of carbonyl (C=O) groups excluding carboxylic acids is 1. The number of para-hydroxylation sites is 1. The molecule has 0 radical (unpaired) electrons. The first kappa shape index (κ1) is 17.5. The summed E-state index contributed by atoms with van der Waals surface area (Å²) in [4.78, 5) is 11.3. The molecule has 2 aromatic rings. The van der Waals surface area contributed by atoms with E-state index in [1.807, 2.05) is 31.2 Å². The lowest BCUT2D eigenvalue weighted by Crippen LogP contribution is -2.31. The summed E-state index contributed by atoms with van der Waals surface area (Å²) >= 11 is 0. The minimum Gasteiger partial charge on any atom is -0.504 e. The van der Waals surface area contributed by atoms with E-state index >= 15 is 0 Å². The number of hydrazone groups is 2. The Bertz CT molecular complexity index is 860. The lowest BCUT2D eigenvalue weighted by molar-refractivity contribution is -0.121. The van der Waals surface area contributed by atoms with Crippen molar-refractivity contribution in [3.63, 3.8) is 0 Å². The molecule has 1 aliphatic heterocycles. The van der Waals surface area contributed by atoms with Crippen molar-refractivity contribution in [2.45, 2.75) is 13.3 Å². The topological polar surface area (TPSA) is 95.3 Å². The van der Waals surface area contributed by atoms with Gasteiger partial charge in [0.05, 0.1) is 24.7 Å². The molecule has 0 fully saturated rings. The standard InChI is InChI=1S/C19H20N4O3/c1-12-10-17(24)22-23-18(12)13-6-8-15(9-7-13)21-20-11-14-4-3-5-16(26-2)19(14)25/h3-9,11-12,21,25H,10H2,1-2H3,(H,22,24)/b20-11-. The van der Waals surface area contributed by atoms with Gasteiger partial charge in [-0.2, -0.15) is 10.2 Å². The van der Waals surface area contributed by atoms with E-state index in [0.717, 1.165) is 17.0 Å². The van der Waals surface area contributed by atoms with Crippen molar-refractivity contribution in [1.82, 2.24) is 5.43 Å². The second-order valence-corrected chi connectivity index (χ2v) is 5.98. The second kappa shape index (κ2) is 7.69. The van der Waals surface area contributed by atoms with Gasteiger partial charge in [0, 0.05) is 17.9 Å². The Labute approximate surface area is 151 Å². The number of carbonyl (C=O) groups is 1. The summed E-state index contributed by atoms with van der Waals surface area (Å²) in [5, 5.41) is 18.3. The van der Waals surface area contributed by atoms with Gasteiger partial charge < -0.3 is 9.84 Å². The van der Waals surface area contributed by atoms with E-state index in [-0.39, 0.29) is 17.6 Å². The Morgan fingerprint density at radius 1 is 1.31 bits per heavy atom. The molecule has 1 amide bonds. The molecule has 1 unspecified atom stereocenters. The molecule has 3 N–H and O–H groups in total. The smallest absolute Gasteiger partial charge is 0.240 e. The lowest BCUT2D eigenvalue weighted by Gasteiger charge is -2.19. The van der Waals surface area contributed by atoms with Gasteiger partial charge >= 0.3 is 0 Å². The van der Waals surface area contributed by atoms with Gasteiger partial charge in [-0.25, -0.2) is 5.43 Å². The molecule has 1 atom stereocenters. The lowest BCUT2D eigenvalue weighted by atomic mass is 9.94. The van der Waals surface area contributed by atoms with Crippen LogP contribution < -0.4 is 15.6 Å². The number of phenols is 1. The summed E-state index contributed by atoms with van der Waals surface area (Å²) in [6, 6.07) is 12.8. The number of phenolic OH excluding ortho intramolecular Hbond substituents is 1. The fraction of sp³-hybridized carbons (Fsp3) is 0.211. The zero-order chi connectivity index (χ0) is 18.5. The molecule has 7 heteroatoms. The van der Waals surface area contributed by atoms with Crippen molar-refractivity contribution in [3.05, 3.63) is 53.6 Å². The Hall–Kier alpha value is -3.35. The molecule has 0 aliphatic carbocycles. The molecular weight excluding hydrogens is 332 g/mol. The number of benzene rings is 2. The van der Waals surface area contributed by atoms with Crippen molar-refractivity contribution in [1.29, 1.82) is 0 Å². The highest BCUT2D eigenvalue weighted by Gasteiger charge is 2.21. The number of ether oxygens (including phenoxy) is 1. The third-order valence-electron chi connectivity index (χ3n) is 4.09. The van der Waals surface area contributed by atoms with Crippen LogP contribution in [-0.4, -0.2) is 30.0 Å². The first-order valence-corrected chi connectivity index (χ1v) is 8.20. The summed E-state index contributed by atoms with van der Waals surface area (Å²) in [6.07, 6.45) is 1.96. The van der Waals surface area contributed by atoms with E-state index in [4.69, 9.17) is 4.74 Å². The molecule has 0 bridgehead atoms. The molecule has 0 saturated heterocycles. The third-order valence-corrected chi connectivity index (χ3v) is 4.09. The van der Waals surface area contributed by atoms with Crippen LogP contribution in [-0.2, 0) is 4.79 Å². The van der Waals surface area contributed by atoms with Gasteiger partial charge in [-0.05, 0) is 29.8 Å². The van der Waals surface area contributed by atoms with Gasteiger partial charge in [-0.15, -0.1) is 0 Å². The van der Waals surface area contributed by atoms with Gasteiger partial charge in [0.25, 0.3) is 0 Å². The third kappa shape index (κ3) is 3.83. The molecule has 2 aromatic carbocycles. The van der Waals surface area contributed by atoms with Crippen molar-refractivity contribution >= 4 is 23.5 Å². The molecule has 1 aliphatic rings. The molecule has 7 nitrogen and oxygen atoms in total. The van der Waals surface area contributed by atoms with E-state index < -0.39 is 0 Å². The van der Waals surface area contributed by atoms with Gasteiger partial charge in [0.1, 0.15) is 0 Å². The summed E-state index contributed by atoms with van der Waals surface area (Å²) in [6.45, 7) is 1.98. The van der Waals surface area contributed by atoms with Crippen molar-refractivity contribution in [3.8, 4) is 11.5 Å². The molecule has 0 saturated carbocycles. The number of nitrogens with one attached hydrogen (secondary N) is 2. The predicted octanol–water partition coefficient (Wildman–Crippen LogP) is 2.71. The van der Waals surface area contributed by atoms with Crippen LogP contribution in [0.3, 0.4) is 0 Å². The highest BCUT2D eigenvalue weighted by Crippen LogP contribution is 2.28. The summed E-state index contributed by atoms with van der Waals surface area (Å²) < 4.78 is 5.07. The van der Waals surface area contributed by atoms with E-state index in [2.05, 4.69) is 21.1 Å². The van der Waals surface area contributed by atoms with Crippen LogP contribution >= 0.6 is 0 Å². The average molecular weight is 352 g/mol. The number of nitrogens with zero attached hydrogens (tertiary/aromatic N) is 2. The van der Waals surface area contributed by atoms with Crippen LogP contribution in [0, 0.1) is 5.92 Å². The van der Waals surface area contributed by atoms with Crippen molar-refractivity contribution in [2.75, 3.05) is 12.5 Å². The molecule has 26 heavy (non-hydrogen) atoms. The molecule has 3 rings (SSSR count). The number of rotatable bonds is 5. The van der Waals surface area contributed by atoms with Crippen LogP contribution in [0.25, 0.3) is 0 Å². The van der Waals surface area contributed by atoms with Crippen LogP contribution in [0.5, 0.6) is 11.5 Å². The Morgan fingerprint density at radius 2 is 2.08 bits per heavy atom. The molecular formula is C19H20N4O3. The minimum atomic E-state index is -0.0605.